The first-order chi connectivity index (χ1) is 12.1. The Balaban J connectivity index is 1.89. The molecule has 8 heteroatoms. The van der Waals surface area contributed by atoms with Gasteiger partial charge in [0.1, 0.15) is 0 Å². The molecule has 0 spiro atoms. The van der Waals surface area contributed by atoms with E-state index >= 15 is 0 Å². The number of thioether (sulfide) groups is 1. The van der Waals surface area contributed by atoms with Gasteiger partial charge in [-0.15, -0.1) is 11.3 Å². The third-order valence-corrected chi connectivity index (χ3v) is 5.11. The quantitative estimate of drug-likeness (QED) is 0.403. The van der Waals surface area contributed by atoms with Crippen LogP contribution in [0.3, 0.4) is 0 Å². The van der Waals surface area contributed by atoms with Crippen molar-refractivity contribution in [1.82, 2.24) is 9.97 Å². The predicted molar refractivity (Wildman–Crippen MR) is 97.4 cm³/mol. The smallest absolute Gasteiger partial charge is 0.335 e. The Kier molecular flexibility index (Phi) is 4.97. The van der Waals surface area contributed by atoms with E-state index in [0.717, 1.165) is 10.4 Å². The number of nitrogens with one attached hydrogen (secondary N) is 1. The van der Waals surface area contributed by atoms with Crippen LogP contribution >= 0.6 is 23.1 Å². The lowest BCUT2D eigenvalue weighted by molar-refractivity contribution is 0.0697. The summed E-state index contributed by atoms with van der Waals surface area (Å²) < 4.78 is 0. The summed E-state index contributed by atoms with van der Waals surface area (Å²) in [5.74, 6) is -0.537. The zero-order chi connectivity index (χ0) is 17.8. The Labute approximate surface area is 151 Å². The predicted octanol–water partition coefficient (Wildman–Crippen LogP) is 4.04. The molecule has 0 aliphatic rings. The van der Waals surface area contributed by atoms with Crippen LogP contribution in [0.4, 0.5) is 5.69 Å². The van der Waals surface area contributed by atoms with E-state index in [1.54, 1.807) is 12.1 Å². The standard InChI is InChI=1S/C17H11N3O3S2/c1-18-14-13(12-6-3-7-24-12)19-17(20-15(14)21)25-9-10-4-2-5-11(8-10)16(22)23/h2-8H,9H2,(H,22,23)(H,19,20,21). The van der Waals surface area contributed by atoms with Crippen molar-refractivity contribution in [1.29, 1.82) is 0 Å². The lowest BCUT2D eigenvalue weighted by atomic mass is 10.1. The van der Waals surface area contributed by atoms with Crippen LogP contribution in [0, 0.1) is 6.57 Å². The molecule has 1 aromatic carbocycles. The lowest BCUT2D eigenvalue weighted by Crippen LogP contribution is -2.09. The summed E-state index contributed by atoms with van der Waals surface area (Å²) in [5.41, 5.74) is 0.882. The first-order valence-corrected chi connectivity index (χ1v) is 8.95. The van der Waals surface area contributed by atoms with Crippen molar-refractivity contribution in [2.45, 2.75) is 10.9 Å². The van der Waals surface area contributed by atoms with Gasteiger partial charge in [-0.05, 0) is 29.1 Å². The molecule has 0 fully saturated rings. The van der Waals surface area contributed by atoms with Crippen molar-refractivity contribution in [3.8, 4) is 10.6 Å². The number of carboxylic acids is 1. The minimum absolute atomic E-state index is 0.0281. The van der Waals surface area contributed by atoms with Gasteiger partial charge in [0.05, 0.1) is 17.8 Å². The number of aromatic amines is 1. The van der Waals surface area contributed by atoms with Gasteiger partial charge in [-0.25, -0.2) is 14.6 Å². The number of hydrogen-bond donors (Lipinski definition) is 2. The van der Waals surface area contributed by atoms with Crippen LogP contribution in [0.2, 0.25) is 0 Å². The Morgan fingerprint density at radius 1 is 1.36 bits per heavy atom. The number of nitrogens with zero attached hydrogens (tertiary/aromatic N) is 2. The zero-order valence-corrected chi connectivity index (χ0v) is 14.4. The first-order valence-electron chi connectivity index (χ1n) is 7.09. The van der Waals surface area contributed by atoms with E-state index in [0.29, 0.717) is 16.6 Å². The Bertz CT molecular complexity index is 1020. The van der Waals surface area contributed by atoms with E-state index in [2.05, 4.69) is 14.8 Å². The highest BCUT2D eigenvalue weighted by atomic mass is 32.2. The highest BCUT2D eigenvalue weighted by Gasteiger charge is 2.15. The molecule has 0 bridgehead atoms. The molecule has 0 unspecified atom stereocenters. The van der Waals surface area contributed by atoms with Crippen LogP contribution in [0.15, 0.2) is 51.7 Å². The summed E-state index contributed by atoms with van der Waals surface area (Å²) in [6.45, 7) is 7.21. The van der Waals surface area contributed by atoms with Crippen LogP contribution in [0.5, 0.6) is 0 Å². The van der Waals surface area contributed by atoms with Gasteiger partial charge in [0.2, 0.25) is 0 Å². The molecular formula is C17H11N3O3S2. The van der Waals surface area contributed by atoms with Crippen molar-refractivity contribution in [3.05, 3.63) is 74.7 Å². The van der Waals surface area contributed by atoms with Crippen LogP contribution in [-0.4, -0.2) is 21.0 Å². The van der Waals surface area contributed by atoms with Crippen LogP contribution in [0.1, 0.15) is 15.9 Å². The topological polar surface area (TPSA) is 87.4 Å². The third kappa shape index (κ3) is 3.79. The number of aromatic nitrogens is 2. The van der Waals surface area contributed by atoms with Crippen molar-refractivity contribution >= 4 is 34.8 Å². The normalized spacial score (nSPS) is 10.4. The number of benzene rings is 1. The summed E-state index contributed by atoms with van der Waals surface area (Å²) in [6, 6.07) is 10.2. The number of aromatic carboxylic acids is 1. The largest absolute Gasteiger partial charge is 0.478 e. The highest BCUT2D eigenvalue weighted by Crippen LogP contribution is 2.31. The summed E-state index contributed by atoms with van der Waals surface area (Å²) in [4.78, 5) is 34.2. The second kappa shape index (κ2) is 7.34. The maximum Gasteiger partial charge on any atom is 0.335 e. The molecule has 0 radical (unpaired) electrons. The third-order valence-electron chi connectivity index (χ3n) is 3.29. The van der Waals surface area contributed by atoms with E-state index in [-0.39, 0.29) is 11.3 Å². The number of rotatable bonds is 5. The molecule has 6 nitrogen and oxygen atoms in total. The van der Waals surface area contributed by atoms with Gasteiger partial charge in [0.25, 0.3) is 11.2 Å². The van der Waals surface area contributed by atoms with Gasteiger partial charge in [0, 0.05) is 10.6 Å². The summed E-state index contributed by atoms with van der Waals surface area (Å²) >= 11 is 2.69. The highest BCUT2D eigenvalue weighted by molar-refractivity contribution is 7.98. The minimum Gasteiger partial charge on any atom is -0.478 e. The number of H-pyrrole nitrogens is 1. The summed E-state index contributed by atoms with van der Waals surface area (Å²) in [7, 11) is 0. The fraction of sp³-hybridized carbons (Fsp3) is 0.0588. The second-order valence-corrected chi connectivity index (χ2v) is 6.86. The van der Waals surface area contributed by atoms with Crippen LogP contribution < -0.4 is 5.56 Å². The average Bonchev–Trinajstić information content (AvgIpc) is 3.14. The molecule has 3 aromatic rings. The van der Waals surface area contributed by atoms with Gasteiger partial charge in [0.15, 0.2) is 5.16 Å². The van der Waals surface area contributed by atoms with Gasteiger partial charge in [-0.3, -0.25) is 4.79 Å². The van der Waals surface area contributed by atoms with E-state index in [1.165, 1.54) is 29.2 Å². The monoisotopic (exact) mass is 369 g/mol. The SMILES string of the molecule is [C-]#[N+]c1c(-c2cccs2)nc(SCc2cccc(C(=O)O)c2)[nH]c1=O. The van der Waals surface area contributed by atoms with E-state index < -0.39 is 11.5 Å². The molecule has 0 amide bonds. The van der Waals surface area contributed by atoms with Crippen LogP contribution in [-0.2, 0) is 5.75 Å². The van der Waals surface area contributed by atoms with Gasteiger partial charge >= 0.3 is 5.97 Å². The number of hydrogen-bond acceptors (Lipinski definition) is 5. The molecule has 0 aliphatic carbocycles. The Morgan fingerprint density at radius 2 is 2.20 bits per heavy atom. The van der Waals surface area contributed by atoms with Crippen LogP contribution in [0.25, 0.3) is 15.4 Å². The number of carbonyl (C=O) groups is 1. The van der Waals surface area contributed by atoms with E-state index in [1.807, 2.05) is 23.6 Å². The zero-order valence-electron chi connectivity index (χ0n) is 12.7. The molecule has 124 valence electrons. The molecule has 2 N–H and O–H groups in total. The molecule has 0 atom stereocenters. The summed E-state index contributed by atoms with van der Waals surface area (Å²) in [5, 5.41) is 11.3. The van der Waals surface area contributed by atoms with Crippen molar-refractivity contribution < 1.29 is 9.90 Å². The maximum absolute atomic E-state index is 12.1. The lowest BCUT2D eigenvalue weighted by Gasteiger charge is -2.06. The summed E-state index contributed by atoms with van der Waals surface area (Å²) in [6.07, 6.45) is 0. The molecule has 0 aliphatic heterocycles. The van der Waals surface area contributed by atoms with Crippen molar-refractivity contribution in [2.75, 3.05) is 0 Å². The maximum atomic E-state index is 12.1. The van der Waals surface area contributed by atoms with E-state index in [4.69, 9.17) is 11.7 Å². The molecule has 2 aromatic heterocycles. The fourth-order valence-corrected chi connectivity index (χ4v) is 3.67. The molecule has 0 saturated carbocycles. The number of thiophene rings is 1. The average molecular weight is 369 g/mol. The molecule has 0 saturated heterocycles. The van der Waals surface area contributed by atoms with Gasteiger partial charge in [-0.2, -0.15) is 0 Å². The number of carboxylic acid groups (broad SMARTS) is 1. The van der Waals surface area contributed by atoms with Gasteiger partial charge < -0.3 is 10.1 Å². The Morgan fingerprint density at radius 3 is 2.88 bits per heavy atom. The van der Waals surface area contributed by atoms with Gasteiger partial charge in [-0.1, -0.05) is 30.0 Å². The fourth-order valence-electron chi connectivity index (χ4n) is 2.15. The minimum atomic E-state index is -0.986. The van der Waals surface area contributed by atoms with Crippen molar-refractivity contribution in [3.63, 3.8) is 0 Å². The molecule has 2 heterocycles. The molecule has 25 heavy (non-hydrogen) atoms. The van der Waals surface area contributed by atoms with Crippen molar-refractivity contribution in [2.24, 2.45) is 0 Å². The first kappa shape index (κ1) is 17.0. The molecule has 3 rings (SSSR count). The Hall–Kier alpha value is -2.89. The molecular weight excluding hydrogens is 358 g/mol. The van der Waals surface area contributed by atoms with E-state index in [9.17, 15) is 9.59 Å². The second-order valence-electron chi connectivity index (χ2n) is 4.95.